The zero-order valence-electron chi connectivity index (χ0n) is 13.2. The molecular weight excluding hydrogens is 311 g/mol. The molecule has 2 atom stereocenters. The molecule has 2 aliphatic rings. The van der Waals surface area contributed by atoms with Gasteiger partial charge in [0.1, 0.15) is 12.1 Å². The van der Waals surface area contributed by atoms with Crippen LogP contribution in [0.15, 0.2) is 34.9 Å². The zero-order valence-corrected chi connectivity index (χ0v) is 13.2. The Bertz CT molecular complexity index is 756. The van der Waals surface area contributed by atoms with Gasteiger partial charge in [0.25, 0.3) is 5.91 Å². The fourth-order valence-corrected chi connectivity index (χ4v) is 3.29. The molecule has 1 aliphatic carbocycles. The molecule has 0 radical (unpaired) electrons. The van der Waals surface area contributed by atoms with Crippen LogP contribution in [0.3, 0.4) is 0 Å². The van der Waals surface area contributed by atoms with Gasteiger partial charge in [-0.05, 0) is 42.9 Å². The Morgan fingerprint density at radius 2 is 2.25 bits per heavy atom. The number of β-amino-alcohol motifs (C(OH)–C–C–N with tert-alkyl or cyclic N) is 1. The van der Waals surface area contributed by atoms with Crippen LogP contribution in [-0.2, 0) is 6.42 Å². The van der Waals surface area contributed by atoms with Gasteiger partial charge in [-0.3, -0.25) is 4.79 Å². The highest BCUT2D eigenvalue weighted by Gasteiger charge is 2.37. The molecule has 1 aliphatic heterocycles. The number of carbonyl (C=O) groups excluding carboxylic acids is 1. The lowest BCUT2D eigenvalue weighted by Crippen LogP contribution is -2.32. The molecule has 2 aromatic rings. The van der Waals surface area contributed by atoms with Crippen molar-refractivity contribution in [1.82, 2.24) is 9.88 Å². The summed E-state index contributed by atoms with van der Waals surface area (Å²) in [4.78, 5) is 18.6. The predicted octanol–water partition coefficient (Wildman–Crippen LogP) is 2.71. The molecule has 0 unspecified atom stereocenters. The maximum atomic E-state index is 13.5. The first-order valence-corrected chi connectivity index (χ1v) is 8.29. The minimum atomic E-state index is -0.625. The highest BCUT2D eigenvalue weighted by molar-refractivity contribution is 5.92. The average Bonchev–Trinajstić information content (AvgIpc) is 3.09. The number of benzene rings is 1. The van der Waals surface area contributed by atoms with Crippen LogP contribution in [0.2, 0.25) is 0 Å². The summed E-state index contributed by atoms with van der Waals surface area (Å²) in [7, 11) is 0. The molecule has 1 aromatic heterocycles. The highest BCUT2D eigenvalue weighted by atomic mass is 19.1. The van der Waals surface area contributed by atoms with E-state index in [1.54, 1.807) is 17.0 Å². The molecule has 1 saturated carbocycles. The van der Waals surface area contributed by atoms with Crippen molar-refractivity contribution < 1.29 is 18.7 Å². The van der Waals surface area contributed by atoms with Crippen molar-refractivity contribution in [1.29, 1.82) is 0 Å². The summed E-state index contributed by atoms with van der Waals surface area (Å²) in [5.41, 5.74) is 0.933. The summed E-state index contributed by atoms with van der Waals surface area (Å²) in [5.74, 6) is 0.573. The van der Waals surface area contributed by atoms with Crippen molar-refractivity contribution in [2.24, 2.45) is 5.92 Å². The minimum absolute atomic E-state index is 0.213. The highest BCUT2D eigenvalue weighted by Crippen LogP contribution is 2.34. The van der Waals surface area contributed by atoms with Crippen LogP contribution in [0.1, 0.15) is 47.2 Å². The van der Waals surface area contributed by atoms with Gasteiger partial charge in [0.05, 0.1) is 12.1 Å². The van der Waals surface area contributed by atoms with Crippen LogP contribution in [0.4, 0.5) is 4.39 Å². The number of amides is 1. The summed E-state index contributed by atoms with van der Waals surface area (Å²) in [5, 5.41) is 10.00. The monoisotopic (exact) mass is 330 g/mol. The number of carbonyl (C=O) groups is 1. The maximum Gasteiger partial charge on any atom is 0.276 e. The summed E-state index contributed by atoms with van der Waals surface area (Å²) in [6, 6.07) is 5.80. The normalized spacial score (nSPS) is 23.7. The molecule has 1 N–H and O–H groups in total. The first kappa shape index (κ1) is 15.3. The summed E-state index contributed by atoms with van der Waals surface area (Å²) in [6.45, 7) is 0.213. The second-order valence-corrected chi connectivity index (χ2v) is 6.69. The van der Waals surface area contributed by atoms with E-state index >= 15 is 0 Å². The fraction of sp³-hybridized carbons (Fsp3) is 0.444. The van der Waals surface area contributed by atoms with Crippen LogP contribution >= 0.6 is 0 Å². The van der Waals surface area contributed by atoms with E-state index in [9.17, 15) is 14.3 Å². The molecule has 2 heterocycles. The van der Waals surface area contributed by atoms with Gasteiger partial charge in [0.15, 0.2) is 11.6 Å². The molecule has 5 nitrogen and oxygen atoms in total. The Kier molecular flexibility index (Phi) is 3.84. The number of aliphatic hydroxyl groups is 1. The van der Waals surface area contributed by atoms with Crippen LogP contribution in [0, 0.1) is 11.7 Å². The van der Waals surface area contributed by atoms with Crippen molar-refractivity contribution in [2.75, 3.05) is 6.54 Å². The van der Waals surface area contributed by atoms with E-state index in [-0.39, 0.29) is 30.0 Å². The van der Waals surface area contributed by atoms with Gasteiger partial charge >= 0.3 is 0 Å². The topological polar surface area (TPSA) is 66.6 Å². The molecule has 126 valence electrons. The molecule has 1 aromatic carbocycles. The van der Waals surface area contributed by atoms with E-state index in [1.165, 1.54) is 31.2 Å². The van der Waals surface area contributed by atoms with E-state index in [4.69, 9.17) is 4.42 Å². The zero-order chi connectivity index (χ0) is 16.7. The maximum absolute atomic E-state index is 13.5. The molecule has 1 amide bonds. The van der Waals surface area contributed by atoms with Crippen LogP contribution in [0.25, 0.3) is 0 Å². The molecule has 24 heavy (non-hydrogen) atoms. The number of rotatable bonds is 4. The van der Waals surface area contributed by atoms with E-state index in [0.29, 0.717) is 23.8 Å². The van der Waals surface area contributed by atoms with Gasteiger partial charge in [-0.25, -0.2) is 9.37 Å². The first-order chi connectivity index (χ1) is 11.6. The number of nitrogens with zero attached hydrogens (tertiary/aromatic N) is 2. The minimum Gasteiger partial charge on any atom is -0.448 e. The standard InChI is InChI=1S/C18H19FN2O3/c19-13-3-1-2-12(7-13)16-8-14(22)9-21(16)18(23)15-10-24-17(20-15)6-11-4-5-11/h1-3,7,10-11,14,16,22H,4-6,8-9H2/t14-,16-/m1/s1. The van der Waals surface area contributed by atoms with E-state index < -0.39 is 6.10 Å². The van der Waals surface area contributed by atoms with E-state index in [0.717, 1.165) is 6.42 Å². The van der Waals surface area contributed by atoms with Gasteiger partial charge in [0, 0.05) is 13.0 Å². The van der Waals surface area contributed by atoms with Crippen LogP contribution in [0.5, 0.6) is 0 Å². The van der Waals surface area contributed by atoms with Crippen molar-refractivity contribution in [3.63, 3.8) is 0 Å². The predicted molar refractivity (Wildman–Crippen MR) is 83.7 cm³/mol. The average molecular weight is 330 g/mol. The Morgan fingerprint density at radius 3 is 3.00 bits per heavy atom. The number of aliphatic hydroxyl groups excluding tert-OH is 1. The molecule has 6 heteroatoms. The molecule has 0 bridgehead atoms. The van der Waals surface area contributed by atoms with Gasteiger partial charge in [-0.2, -0.15) is 0 Å². The number of hydrogen-bond donors (Lipinski definition) is 1. The molecule has 2 fully saturated rings. The van der Waals surface area contributed by atoms with Crippen LogP contribution in [-0.4, -0.2) is 33.5 Å². The number of likely N-dealkylation sites (tertiary alicyclic amines) is 1. The number of aromatic nitrogens is 1. The lowest BCUT2D eigenvalue weighted by molar-refractivity contribution is 0.0709. The van der Waals surface area contributed by atoms with E-state index in [2.05, 4.69) is 4.98 Å². The smallest absolute Gasteiger partial charge is 0.276 e. The van der Waals surface area contributed by atoms with Crippen molar-refractivity contribution in [3.8, 4) is 0 Å². The molecule has 1 saturated heterocycles. The number of oxazole rings is 1. The lowest BCUT2D eigenvalue weighted by atomic mass is 10.0. The third kappa shape index (κ3) is 3.06. The second-order valence-electron chi connectivity index (χ2n) is 6.69. The number of hydrogen-bond acceptors (Lipinski definition) is 4. The molecule has 0 spiro atoms. The first-order valence-electron chi connectivity index (χ1n) is 8.29. The van der Waals surface area contributed by atoms with E-state index in [1.807, 2.05) is 0 Å². The van der Waals surface area contributed by atoms with Gasteiger partial charge in [-0.15, -0.1) is 0 Å². The Hall–Kier alpha value is -2.21. The second kappa shape index (κ2) is 6.02. The molecule has 4 rings (SSSR count). The SMILES string of the molecule is O=C(c1coc(CC2CC2)n1)N1C[C@H](O)C[C@@H]1c1cccc(F)c1. The largest absolute Gasteiger partial charge is 0.448 e. The summed E-state index contributed by atoms with van der Waals surface area (Å²) < 4.78 is 18.9. The molecular formula is C18H19FN2O3. The van der Waals surface area contributed by atoms with Crippen LogP contribution < -0.4 is 0 Å². The quantitative estimate of drug-likeness (QED) is 0.936. The van der Waals surface area contributed by atoms with Crippen molar-refractivity contribution >= 4 is 5.91 Å². The Labute approximate surface area is 139 Å². The van der Waals surface area contributed by atoms with Gasteiger partial charge in [0.2, 0.25) is 0 Å². The Morgan fingerprint density at radius 1 is 1.42 bits per heavy atom. The third-order valence-electron chi connectivity index (χ3n) is 4.70. The summed E-state index contributed by atoms with van der Waals surface area (Å²) in [6.07, 6.45) is 4.29. The van der Waals surface area contributed by atoms with Crippen molar-refractivity contribution in [3.05, 3.63) is 53.5 Å². The lowest BCUT2D eigenvalue weighted by Gasteiger charge is -2.23. The Balaban J connectivity index is 1.56. The van der Waals surface area contributed by atoms with Crippen molar-refractivity contribution in [2.45, 2.75) is 37.8 Å². The van der Waals surface area contributed by atoms with Gasteiger partial charge in [-0.1, -0.05) is 12.1 Å². The summed E-state index contributed by atoms with van der Waals surface area (Å²) >= 11 is 0. The fourth-order valence-electron chi connectivity index (χ4n) is 3.29. The van der Waals surface area contributed by atoms with Gasteiger partial charge < -0.3 is 14.4 Å². The number of halogens is 1. The third-order valence-corrected chi connectivity index (χ3v) is 4.70.